The van der Waals surface area contributed by atoms with E-state index in [0.29, 0.717) is 46.0 Å². The summed E-state index contributed by atoms with van der Waals surface area (Å²) in [5.74, 6) is 0.652. The largest absolute Gasteiger partial charge is 0.497 e. The van der Waals surface area contributed by atoms with Crippen molar-refractivity contribution >= 4 is 11.6 Å². The second kappa shape index (κ2) is 8.72. The standard InChI is InChI=1S/C21H20F2N2O4/c1-4-17-19(12(2)29-25-17)20(26)24-14-7-10-18(28-21(22)23)16(11-14)13-5-8-15(27-3)9-6-13/h5-11,21H,4H2,1-3H3,(H,24,26). The number of carbonyl (C=O) groups is 1. The molecule has 8 heteroatoms. The number of hydrogen-bond acceptors (Lipinski definition) is 5. The Morgan fingerprint density at radius 2 is 1.93 bits per heavy atom. The summed E-state index contributed by atoms with van der Waals surface area (Å²) in [6.07, 6.45) is 0.540. The number of ether oxygens (including phenoxy) is 2. The molecule has 2 aromatic carbocycles. The summed E-state index contributed by atoms with van der Waals surface area (Å²) in [4.78, 5) is 12.7. The molecule has 0 saturated heterocycles. The number of anilines is 1. The third-order valence-electron chi connectivity index (χ3n) is 4.35. The van der Waals surface area contributed by atoms with E-state index in [1.807, 2.05) is 6.92 Å². The van der Waals surface area contributed by atoms with Gasteiger partial charge in [0.1, 0.15) is 22.8 Å². The van der Waals surface area contributed by atoms with Gasteiger partial charge in [0.2, 0.25) is 0 Å². The zero-order chi connectivity index (χ0) is 21.0. The third kappa shape index (κ3) is 4.53. The van der Waals surface area contributed by atoms with Gasteiger partial charge in [-0.05, 0) is 49.2 Å². The molecule has 1 amide bonds. The summed E-state index contributed by atoms with van der Waals surface area (Å²) in [7, 11) is 1.54. The number of benzene rings is 2. The maximum Gasteiger partial charge on any atom is 0.387 e. The molecule has 3 rings (SSSR count). The van der Waals surface area contributed by atoms with Crippen molar-refractivity contribution in [1.29, 1.82) is 0 Å². The van der Waals surface area contributed by atoms with Gasteiger partial charge in [-0.2, -0.15) is 8.78 Å². The van der Waals surface area contributed by atoms with E-state index in [1.165, 1.54) is 19.2 Å². The second-order valence-corrected chi connectivity index (χ2v) is 6.19. The topological polar surface area (TPSA) is 73.6 Å². The van der Waals surface area contributed by atoms with Crippen molar-refractivity contribution in [2.45, 2.75) is 26.9 Å². The van der Waals surface area contributed by atoms with E-state index >= 15 is 0 Å². The molecule has 0 fully saturated rings. The molecule has 1 heterocycles. The molecule has 1 N–H and O–H groups in total. The summed E-state index contributed by atoms with van der Waals surface area (Å²) < 4.78 is 40.5. The minimum atomic E-state index is -2.97. The SMILES string of the molecule is CCc1noc(C)c1C(=O)Nc1ccc(OC(F)F)c(-c2ccc(OC)cc2)c1. The lowest BCUT2D eigenvalue weighted by atomic mass is 10.0. The van der Waals surface area contributed by atoms with Crippen molar-refractivity contribution in [1.82, 2.24) is 5.16 Å². The first-order valence-electron chi connectivity index (χ1n) is 8.92. The average molecular weight is 402 g/mol. The van der Waals surface area contributed by atoms with Crippen molar-refractivity contribution in [3.63, 3.8) is 0 Å². The predicted octanol–water partition coefficient (Wildman–Crippen LogP) is 5.07. The van der Waals surface area contributed by atoms with Gasteiger partial charge >= 0.3 is 6.61 Å². The molecule has 3 aromatic rings. The van der Waals surface area contributed by atoms with Crippen molar-refractivity contribution < 1.29 is 27.6 Å². The molecule has 0 saturated carbocycles. The van der Waals surface area contributed by atoms with Gasteiger partial charge in [0.25, 0.3) is 5.91 Å². The van der Waals surface area contributed by atoms with Crippen LogP contribution in [0.1, 0.15) is 28.7 Å². The number of alkyl halides is 2. The highest BCUT2D eigenvalue weighted by Gasteiger charge is 2.20. The smallest absolute Gasteiger partial charge is 0.387 e. The minimum absolute atomic E-state index is 0.00132. The molecule has 0 atom stereocenters. The van der Waals surface area contributed by atoms with E-state index < -0.39 is 6.61 Å². The molecule has 0 aliphatic carbocycles. The lowest BCUT2D eigenvalue weighted by Gasteiger charge is -2.14. The molecule has 0 aliphatic rings. The number of carbonyl (C=O) groups excluding carboxylic acids is 1. The van der Waals surface area contributed by atoms with Gasteiger partial charge in [0, 0.05) is 11.3 Å². The van der Waals surface area contributed by atoms with Crippen LogP contribution in [0, 0.1) is 6.92 Å². The van der Waals surface area contributed by atoms with Gasteiger partial charge in [-0.25, -0.2) is 0 Å². The molecule has 152 valence electrons. The molecular formula is C21H20F2N2O4. The first-order valence-corrected chi connectivity index (χ1v) is 8.92. The van der Waals surface area contributed by atoms with Gasteiger partial charge in [-0.1, -0.05) is 24.2 Å². The van der Waals surface area contributed by atoms with Crippen molar-refractivity contribution in [3.8, 4) is 22.6 Å². The van der Waals surface area contributed by atoms with Crippen molar-refractivity contribution in [2.75, 3.05) is 12.4 Å². The number of nitrogens with one attached hydrogen (secondary N) is 1. The number of nitrogens with zero attached hydrogens (tertiary/aromatic N) is 1. The molecule has 0 spiro atoms. The molecular weight excluding hydrogens is 382 g/mol. The number of rotatable bonds is 7. The Balaban J connectivity index is 1.95. The first-order chi connectivity index (χ1) is 13.9. The van der Waals surface area contributed by atoms with Crippen LogP contribution < -0.4 is 14.8 Å². The predicted molar refractivity (Wildman–Crippen MR) is 104 cm³/mol. The Bertz CT molecular complexity index is 1000. The minimum Gasteiger partial charge on any atom is -0.497 e. The van der Waals surface area contributed by atoms with Gasteiger partial charge in [0.05, 0.1) is 12.8 Å². The summed E-state index contributed by atoms with van der Waals surface area (Å²) in [5.41, 5.74) is 2.38. The Labute approximate surface area is 166 Å². The molecule has 0 unspecified atom stereocenters. The van der Waals surface area contributed by atoms with Crippen molar-refractivity contribution in [3.05, 3.63) is 59.5 Å². The van der Waals surface area contributed by atoms with Gasteiger partial charge < -0.3 is 19.3 Å². The van der Waals surface area contributed by atoms with Crippen LogP contribution in [-0.2, 0) is 6.42 Å². The number of aryl methyl sites for hydroxylation is 2. The molecule has 0 aliphatic heterocycles. The fourth-order valence-corrected chi connectivity index (χ4v) is 2.95. The lowest BCUT2D eigenvalue weighted by Crippen LogP contribution is -2.14. The van der Waals surface area contributed by atoms with Crippen LogP contribution in [0.4, 0.5) is 14.5 Å². The second-order valence-electron chi connectivity index (χ2n) is 6.19. The van der Waals surface area contributed by atoms with Gasteiger partial charge in [-0.3, -0.25) is 4.79 Å². The van der Waals surface area contributed by atoms with Gasteiger partial charge in [0.15, 0.2) is 0 Å². The van der Waals surface area contributed by atoms with E-state index in [2.05, 4.69) is 15.2 Å². The Morgan fingerprint density at radius 1 is 1.21 bits per heavy atom. The lowest BCUT2D eigenvalue weighted by molar-refractivity contribution is -0.0494. The summed E-state index contributed by atoms with van der Waals surface area (Å²) in [6, 6.07) is 11.3. The Kier molecular flexibility index (Phi) is 6.11. The molecule has 29 heavy (non-hydrogen) atoms. The number of hydrogen-bond donors (Lipinski definition) is 1. The Morgan fingerprint density at radius 3 is 2.55 bits per heavy atom. The quantitative estimate of drug-likeness (QED) is 0.597. The summed E-state index contributed by atoms with van der Waals surface area (Å²) >= 11 is 0. The third-order valence-corrected chi connectivity index (χ3v) is 4.35. The fourth-order valence-electron chi connectivity index (χ4n) is 2.95. The zero-order valence-electron chi connectivity index (χ0n) is 16.2. The van der Waals surface area contributed by atoms with Crippen LogP contribution in [0.2, 0.25) is 0 Å². The number of aromatic nitrogens is 1. The van der Waals surface area contributed by atoms with E-state index in [0.717, 1.165) is 0 Å². The molecule has 0 radical (unpaired) electrons. The summed E-state index contributed by atoms with van der Waals surface area (Å²) in [5, 5.41) is 6.64. The Hall–Kier alpha value is -3.42. The number of halogens is 2. The van der Waals surface area contributed by atoms with Crippen molar-refractivity contribution in [2.24, 2.45) is 0 Å². The maximum atomic E-state index is 12.8. The highest BCUT2D eigenvalue weighted by Crippen LogP contribution is 2.35. The highest BCUT2D eigenvalue weighted by molar-refractivity contribution is 6.06. The van der Waals surface area contributed by atoms with Crippen LogP contribution in [-0.4, -0.2) is 24.8 Å². The van der Waals surface area contributed by atoms with E-state index in [9.17, 15) is 13.6 Å². The number of methoxy groups -OCH3 is 1. The van der Waals surface area contributed by atoms with Crippen LogP contribution >= 0.6 is 0 Å². The highest BCUT2D eigenvalue weighted by atomic mass is 19.3. The van der Waals surface area contributed by atoms with E-state index in [1.54, 1.807) is 37.3 Å². The summed E-state index contributed by atoms with van der Waals surface area (Å²) in [6.45, 7) is 0.551. The normalized spacial score (nSPS) is 10.8. The van der Waals surface area contributed by atoms with E-state index in [4.69, 9.17) is 9.26 Å². The van der Waals surface area contributed by atoms with Crippen LogP contribution in [0.3, 0.4) is 0 Å². The zero-order valence-corrected chi connectivity index (χ0v) is 16.2. The molecule has 1 aromatic heterocycles. The fraction of sp³-hybridized carbons (Fsp3) is 0.238. The molecule has 6 nitrogen and oxygen atoms in total. The van der Waals surface area contributed by atoms with Gasteiger partial charge in [-0.15, -0.1) is 0 Å². The van der Waals surface area contributed by atoms with E-state index in [-0.39, 0.29) is 11.7 Å². The molecule has 0 bridgehead atoms. The maximum absolute atomic E-state index is 12.8. The first kappa shape index (κ1) is 20.3. The number of amides is 1. The van der Waals surface area contributed by atoms with Crippen LogP contribution in [0.15, 0.2) is 47.0 Å². The van der Waals surface area contributed by atoms with Crippen LogP contribution in [0.5, 0.6) is 11.5 Å². The van der Waals surface area contributed by atoms with Crippen LogP contribution in [0.25, 0.3) is 11.1 Å². The average Bonchev–Trinajstić information content (AvgIpc) is 3.09. The monoisotopic (exact) mass is 402 g/mol.